The number of hydrogen-bond donors (Lipinski definition) is 2. The minimum atomic E-state index is -3.22. The molecule has 0 fully saturated rings. The van der Waals surface area contributed by atoms with E-state index in [2.05, 4.69) is 20.7 Å². The molecule has 0 saturated heterocycles. The summed E-state index contributed by atoms with van der Waals surface area (Å²) in [5, 5.41) is 18.3. The van der Waals surface area contributed by atoms with Gasteiger partial charge in [0.25, 0.3) is 0 Å². The lowest BCUT2D eigenvalue weighted by molar-refractivity contribution is -0.147. The van der Waals surface area contributed by atoms with Gasteiger partial charge >= 0.3 is 12.6 Å². The standard InChI is InChI=1S/C12H11BrF2O5/c1-5(16)8(13)6-3-2-4-7(9(17)11(18)19)10(6)20-12(14)15/h2-4,8-9,12,17H,1H3,(H,18,19). The quantitative estimate of drug-likeness (QED) is 0.768. The van der Waals surface area contributed by atoms with Crippen molar-refractivity contribution in [2.24, 2.45) is 0 Å². The fourth-order valence-electron chi connectivity index (χ4n) is 1.57. The first kappa shape index (κ1) is 16.5. The van der Waals surface area contributed by atoms with Gasteiger partial charge in [0.2, 0.25) is 0 Å². The maximum absolute atomic E-state index is 12.5. The number of aliphatic hydroxyl groups excluding tert-OH is 1. The number of aliphatic hydroxyl groups is 1. The number of ketones is 1. The molecule has 0 spiro atoms. The summed E-state index contributed by atoms with van der Waals surface area (Å²) in [7, 11) is 0. The highest BCUT2D eigenvalue weighted by Gasteiger charge is 2.27. The molecule has 0 aliphatic carbocycles. The van der Waals surface area contributed by atoms with E-state index in [4.69, 9.17) is 5.11 Å². The Hall–Kier alpha value is -1.54. The molecule has 2 unspecified atom stereocenters. The summed E-state index contributed by atoms with van der Waals surface area (Å²) >= 11 is 3.01. The van der Waals surface area contributed by atoms with Gasteiger partial charge in [-0.2, -0.15) is 8.78 Å². The van der Waals surface area contributed by atoms with Crippen molar-refractivity contribution in [1.82, 2.24) is 0 Å². The average molecular weight is 353 g/mol. The van der Waals surface area contributed by atoms with Gasteiger partial charge in [-0.15, -0.1) is 0 Å². The van der Waals surface area contributed by atoms with Crippen LogP contribution in [0.25, 0.3) is 0 Å². The van der Waals surface area contributed by atoms with Crippen LogP contribution in [0.15, 0.2) is 18.2 Å². The van der Waals surface area contributed by atoms with Gasteiger partial charge in [-0.1, -0.05) is 34.1 Å². The van der Waals surface area contributed by atoms with Crippen LogP contribution < -0.4 is 4.74 Å². The van der Waals surface area contributed by atoms with Crippen LogP contribution in [0.3, 0.4) is 0 Å². The molecule has 0 aromatic heterocycles. The number of carboxylic acids is 1. The summed E-state index contributed by atoms with van der Waals surface area (Å²) in [5.41, 5.74) is -0.323. The number of rotatable bonds is 6. The minimum Gasteiger partial charge on any atom is -0.479 e. The largest absolute Gasteiger partial charge is 0.479 e. The van der Waals surface area contributed by atoms with Crippen molar-refractivity contribution in [3.8, 4) is 5.75 Å². The first-order chi connectivity index (χ1) is 9.25. The Labute approximate surface area is 121 Å². The fourth-order valence-corrected chi connectivity index (χ4v) is 1.93. The normalized spacial score (nSPS) is 13.9. The fraction of sp³-hybridized carbons (Fsp3) is 0.333. The first-order valence-corrected chi connectivity index (χ1v) is 6.30. The van der Waals surface area contributed by atoms with E-state index in [1.165, 1.54) is 19.1 Å². The Morgan fingerprint density at radius 3 is 2.30 bits per heavy atom. The van der Waals surface area contributed by atoms with Gasteiger partial charge in [-0.25, -0.2) is 4.79 Å². The van der Waals surface area contributed by atoms with Crippen LogP contribution >= 0.6 is 15.9 Å². The van der Waals surface area contributed by atoms with Crippen molar-refractivity contribution in [1.29, 1.82) is 0 Å². The van der Waals surface area contributed by atoms with Gasteiger partial charge in [0.05, 0.1) is 0 Å². The maximum Gasteiger partial charge on any atom is 0.387 e. The van der Waals surface area contributed by atoms with Crippen LogP contribution in [-0.4, -0.2) is 28.6 Å². The molecule has 1 aromatic carbocycles. The predicted octanol–water partition coefficient (Wildman–Crippen LogP) is 2.43. The zero-order chi connectivity index (χ0) is 15.4. The number of alkyl halides is 3. The molecule has 0 aliphatic rings. The minimum absolute atomic E-state index is 0.0237. The van der Waals surface area contributed by atoms with E-state index in [0.29, 0.717) is 0 Å². The van der Waals surface area contributed by atoms with Gasteiger partial charge in [-0.3, -0.25) is 4.79 Å². The smallest absolute Gasteiger partial charge is 0.387 e. The average Bonchev–Trinajstić information content (AvgIpc) is 2.36. The predicted molar refractivity (Wildman–Crippen MR) is 68.0 cm³/mol. The van der Waals surface area contributed by atoms with Crippen LogP contribution in [0.1, 0.15) is 29.0 Å². The number of halogens is 3. The summed E-state index contributed by atoms with van der Waals surface area (Å²) in [6, 6.07) is 3.81. The van der Waals surface area contributed by atoms with Crippen LogP contribution in [0.4, 0.5) is 8.78 Å². The summed E-state index contributed by atoms with van der Waals surface area (Å²) in [6.45, 7) is -1.99. The zero-order valence-electron chi connectivity index (χ0n) is 10.2. The van der Waals surface area contributed by atoms with Crippen molar-refractivity contribution >= 4 is 27.7 Å². The number of aliphatic carboxylic acids is 1. The molecule has 0 saturated carbocycles. The van der Waals surface area contributed by atoms with E-state index < -0.39 is 29.3 Å². The Morgan fingerprint density at radius 1 is 1.30 bits per heavy atom. The highest BCUT2D eigenvalue weighted by Crippen LogP contribution is 2.38. The van der Waals surface area contributed by atoms with Crippen molar-refractivity contribution < 1.29 is 33.3 Å². The molecule has 1 rings (SSSR count). The lowest BCUT2D eigenvalue weighted by Gasteiger charge is -2.18. The topological polar surface area (TPSA) is 83.8 Å². The SMILES string of the molecule is CC(=O)C(Br)c1cccc(C(O)C(=O)O)c1OC(F)F. The van der Waals surface area contributed by atoms with Gasteiger partial charge in [0.1, 0.15) is 16.4 Å². The molecular formula is C12H11BrF2O5. The zero-order valence-corrected chi connectivity index (χ0v) is 11.8. The Morgan fingerprint density at radius 2 is 1.85 bits per heavy atom. The van der Waals surface area contributed by atoms with E-state index in [1.807, 2.05) is 0 Å². The van der Waals surface area contributed by atoms with Crippen molar-refractivity contribution in [3.05, 3.63) is 29.3 Å². The molecule has 5 nitrogen and oxygen atoms in total. The highest BCUT2D eigenvalue weighted by molar-refractivity contribution is 9.09. The number of carbonyl (C=O) groups excluding carboxylic acids is 1. The maximum atomic E-state index is 12.5. The third-order valence-corrected chi connectivity index (χ3v) is 3.58. The second-order valence-corrected chi connectivity index (χ2v) is 4.77. The summed E-state index contributed by atoms with van der Waals surface area (Å²) in [6.07, 6.45) is -2.03. The Bertz CT molecular complexity index is 482. The molecule has 20 heavy (non-hydrogen) atoms. The number of carbonyl (C=O) groups is 2. The first-order valence-electron chi connectivity index (χ1n) is 5.38. The van der Waals surface area contributed by atoms with Crippen molar-refractivity contribution in [2.45, 2.75) is 24.5 Å². The van der Waals surface area contributed by atoms with E-state index in [-0.39, 0.29) is 16.9 Å². The molecule has 0 aliphatic heterocycles. The summed E-state index contributed by atoms with van der Waals surface area (Å²) < 4.78 is 29.2. The lowest BCUT2D eigenvalue weighted by Crippen LogP contribution is -2.16. The van der Waals surface area contributed by atoms with E-state index in [1.54, 1.807) is 0 Å². The van der Waals surface area contributed by atoms with E-state index >= 15 is 0 Å². The summed E-state index contributed by atoms with van der Waals surface area (Å²) in [4.78, 5) is 21.2. The molecule has 0 radical (unpaired) electrons. The number of hydrogen-bond acceptors (Lipinski definition) is 4. The van der Waals surface area contributed by atoms with Crippen LogP contribution in [-0.2, 0) is 9.59 Å². The van der Waals surface area contributed by atoms with Crippen molar-refractivity contribution in [3.63, 3.8) is 0 Å². The number of carboxylic acid groups (broad SMARTS) is 1. The molecular weight excluding hydrogens is 342 g/mol. The number of Topliss-reactive ketones (excluding diaryl/α,β-unsaturated/α-hetero) is 1. The van der Waals surface area contributed by atoms with Crippen molar-refractivity contribution in [2.75, 3.05) is 0 Å². The van der Waals surface area contributed by atoms with E-state index in [0.717, 1.165) is 6.07 Å². The molecule has 2 atom stereocenters. The Kier molecular flexibility index (Phi) is 5.58. The molecule has 8 heteroatoms. The second-order valence-electron chi connectivity index (χ2n) is 3.86. The Balaban J connectivity index is 3.41. The molecule has 0 amide bonds. The van der Waals surface area contributed by atoms with Crippen LogP contribution in [0.5, 0.6) is 5.75 Å². The van der Waals surface area contributed by atoms with Gasteiger partial charge < -0.3 is 14.9 Å². The molecule has 2 N–H and O–H groups in total. The third kappa shape index (κ3) is 3.73. The van der Waals surface area contributed by atoms with Crippen LogP contribution in [0, 0.1) is 0 Å². The number of benzene rings is 1. The second kappa shape index (κ2) is 6.76. The lowest BCUT2D eigenvalue weighted by atomic mass is 10.0. The highest BCUT2D eigenvalue weighted by atomic mass is 79.9. The monoisotopic (exact) mass is 352 g/mol. The third-order valence-electron chi connectivity index (χ3n) is 2.44. The van der Waals surface area contributed by atoms with Crippen LogP contribution in [0.2, 0.25) is 0 Å². The van der Waals surface area contributed by atoms with Gasteiger partial charge in [-0.05, 0) is 6.92 Å². The van der Waals surface area contributed by atoms with Gasteiger partial charge in [0, 0.05) is 11.1 Å². The molecule has 110 valence electrons. The molecule has 1 aromatic rings. The molecule has 0 bridgehead atoms. The summed E-state index contributed by atoms with van der Waals surface area (Å²) in [5.74, 6) is -2.52. The number of para-hydroxylation sites is 1. The van der Waals surface area contributed by atoms with E-state index in [9.17, 15) is 23.5 Å². The molecule has 0 heterocycles. The van der Waals surface area contributed by atoms with Gasteiger partial charge in [0.15, 0.2) is 6.10 Å². The number of ether oxygens (including phenoxy) is 1.